The molecule has 2 heteroatoms. The molecule has 2 atom stereocenters. The molecule has 1 amide bonds. The SMILES string of the molecule is CCC[C@@H]1NC(=O)[C@@H]1C. The lowest BCUT2D eigenvalue weighted by Gasteiger charge is -2.33. The van der Waals surface area contributed by atoms with E-state index in [0.29, 0.717) is 6.04 Å². The van der Waals surface area contributed by atoms with E-state index in [2.05, 4.69) is 12.2 Å². The van der Waals surface area contributed by atoms with Crippen LogP contribution in [0.15, 0.2) is 0 Å². The molecule has 0 aromatic heterocycles. The number of carbonyl (C=O) groups excluding carboxylic acids is 1. The molecule has 0 aliphatic carbocycles. The van der Waals surface area contributed by atoms with Gasteiger partial charge in [-0.15, -0.1) is 0 Å². The van der Waals surface area contributed by atoms with Gasteiger partial charge < -0.3 is 5.32 Å². The number of carbonyl (C=O) groups is 1. The Hall–Kier alpha value is -0.530. The Bertz CT molecular complexity index is 122. The second kappa shape index (κ2) is 2.38. The molecule has 0 spiro atoms. The maximum absolute atomic E-state index is 10.6. The van der Waals surface area contributed by atoms with E-state index < -0.39 is 0 Å². The molecular formula is C7H13NO. The van der Waals surface area contributed by atoms with Crippen LogP contribution in [0.5, 0.6) is 0 Å². The van der Waals surface area contributed by atoms with Crippen LogP contribution in [0.2, 0.25) is 0 Å². The molecule has 0 unspecified atom stereocenters. The summed E-state index contributed by atoms with van der Waals surface area (Å²) in [6.45, 7) is 4.12. The fourth-order valence-corrected chi connectivity index (χ4v) is 1.16. The van der Waals surface area contributed by atoms with Crippen molar-refractivity contribution in [1.29, 1.82) is 0 Å². The van der Waals surface area contributed by atoms with E-state index in [1.165, 1.54) is 0 Å². The van der Waals surface area contributed by atoms with E-state index in [-0.39, 0.29) is 11.8 Å². The van der Waals surface area contributed by atoms with Gasteiger partial charge in [0.05, 0.1) is 5.92 Å². The van der Waals surface area contributed by atoms with Crippen LogP contribution in [0, 0.1) is 5.92 Å². The van der Waals surface area contributed by atoms with Crippen molar-refractivity contribution in [2.24, 2.45) is 5.92 Å². The van der Waals surface area contributed by atoms with E-state index in [1.54, 1.807) is 0 Å². The quantitative estimate of drug-likeness (QED) is 0.549. The highest BCUT2D eigenvalue weighted by Gasteiger charge is 2.33. The van der Waals surface area contributed by atoms with Crippen molar-refractivity contribution >= 4 is 5.91 Å². The summed E-state index contributed by atoms with van der Waals surface area (Å²) in [7, 11) is 0. The highest BCUT2D eigenvalue weighted by Crippen LogP contribution is 2.17. The van der Waals surface area contributed by atoms with Crippen LogP contribution < -0.4 is 5.32 Å². The van der Waals surface area contributed by atoms with Gasteiger partial charge in [0.1, 0.15) is 0 Å². The molecule has 1 fully saturated rings. The number of rotatable bonds is 2. The average Bonchev–Trinajstić information content (AvgIpc) is 1.88. The van der Waals surface area contributed by atoms with E-state index in [0.717, 1.165) is 12.8 Å². The van der Waals surface area contributed by atoms with Crippen molar-refractivity contribution in [2.75, 3.05) is 0 Å². The predicted octanol–water partition coefficient (Wildman–Crippen LogP) is 0.921. The van der Waals surface area contributed by atoms with E-state index in [4.69, 9.17) is 0 Å². The van der Waals surface area contributed by atoms with Crippen LogP contribution in [-0.2, 0) is 4.79 Å². The third-order valence-corrected chi connectivity index (χ3v) is 1.94. The van der Waals surface area contributed by atoms with Crippen LogP contribution in [0.4, 0.5) is 0 Å². The monoisotopic (exact) mass is 127 g/mol. The number of amides is 1. The Balaban J connectivity index is 2.25. The van der Waals surface area contributed by atoms with Gasteiger partial charge in [0, 0.05) is 6.04 Å². The largest absolute Gasteiger partial charge is 0.352 e. The van der Waals surface area contributed by atoms with Gasteiger partial charge in [-0.1, -0.05) is 20.3 Å². The van der Waals surface area contributed by atoms with Gasteiger partial charge >= 0.3 is 0 Å². The second-order valence-corrected chi connectivity index (χ2v) is 2.69. The minimum Gasteiger partial charge on any atom is -0.352 e. The first kappa shape index (κ1) is 6.59. The van der Waals surface area contributed by atoms with Gasteiger partial charge in [-0.25, -0.2) is 0 Å². The fraction of sp³-hybridized carbons (Fsp3) is 0.857. The lowest BCUT2D eigenvalue weighted by atomic mass is 9.89. The standard InChI is InChI=1S/C7H13NO/c1-3-4-6-5(2)7(9)8-6/h5-6H,3-4H2,1-2H3,(H,8,9)/t5-,6+/m1/s1. The molecule has 1 heterocycles. The van der Waals surface area contributed by atoms with Gasteiger partial charge in [-0.2, -0.15) is 0 Å². The minimum absolute atomic E-state index is 0.216. The van der Waals surface area contributed by atoms with Crippen molar-refractivity contribution in [1.82, 2.24) is 5.32 Å². The molecule has 52 valence electrons. The highest BCUT2D eigenvalue weighted by atomic mass is 16.2. The lowest BCUT2D eigenvalue weighted by molar-refractivity contribution is -0.134. The van der Waals surface area contributed by atoms with Gasteiger partial charge in [0.25, 0.3) is 0 Å². The molecule has 2 nitrogen and oxygen atoms in total. The molecule has 0 aromatic carbocycles. The van der Waals surface area contributed by atoms with E-state index in [9.17, 15) is 4.79 Å². The van der Waals surface area contributed by atoms with Gasteiger partial charge in [0.15, 0.2) is 0 Å². The Morgan fingerprint density at radius 2 is 2.33 bits per heavy atom. The maximum atomic E-state index is 10.6. The molecule has 1 N–H and O–H groups in total. The summed E-state index contributed by atoms with van der Waals surface area (Å²) in [5.41, 5.74) is 0. The molecule has 0 radical (unpaired) electrons. The summed E-state index contributed by atoms with van der Waals surface area (Å²) in [5.74, 6) is 0.485. The molecule has 1 saturated heterocycles. The Morgan fingerprint density at radius 1 is 1.67 bits per heavy atom. The lowest BCUT2D eigenvalue weighted by Crippen LogP contribution is -2.56. The Labute approximate surface area is 55.6 Å². The van der Waals surface area contributed by atoms with Gasteiger partial charge in [0.2, 0.25) is 5.91 Å². The molecule has 1 aliphatic rings. The van der Waals surface area contributed by atoms with Crippen molar-refractivity contribution in [3.8, 4) is 0 Å². The Kier molecular flexibility index (Phi) is 1.74. The van der Waals surface area contributed by atoms with Crippen molar-refractivity contribution in [3.63, 3.8) is 0 Å². The van der Waals surface area contributed by atoms with E-state index in [1.807, 2.05) is 6.92 Å². The molecule has 1 aliphatic heterocycles. The smallest absolute Gasteiger partial charge is 0.225 e. The Morgan fingerprint density at radius 3 is 2.67 bits per heavy atom. The molecule has 0 aromatic rings. The zero-order chi connectivity index (χ0) is 6.85. The summed E-state index contributed by atoms with van der Waals surface area (Å²) in [6.07, 6.45) is 2.29. The van der Waals surface area contributed by atoms with Crippen LogP contribution in [0.1, 0.15) is 26.7 Å². The summed E-state index contributed by atoms with van der Waals surface area (Å²) < 4.78 is 0. The molecule has 1 rings (SSSR count). The van der Waals surface area contributed by atoms with Crippen LogP contribution in [0.3, 0.4) is 0 Å². The third kappa shape index (κ3) is 1.07. The number of hydrogen-bond acceptors (Lipinski definition) is 1. The normalized spacial score (nSPS) is 33.3. The minimum atomic E-state index is 0.216. The first-order valence-corrected chi connectivity index (χ1v) is 3.56. The number of nitrogens with one attached hydrogen (secondary N) is 1. The first-order chi connectivity index (χ1) is 4.25. The van der Waals surface area contributed by atoms with Gasteiger partial charge in [-0.3, -0.25) is 4.79 Å². The predicted molar refractivity (Wildman–Crippen MR) is 36.0 cm³/mol. The zero-order valence-corrected chi connectivity index (χ0v) is 5.98. The molecule has 9 heavy (non-hydrogen) atoms. The second-order valence-electron chi connectivity index (χ2n) is 2.69. The molecular weight excluding hydrogens is 114 g/mol. The van der Waals surface area contributed by atoms with Crippen LogP contribution >= 0.6 is 0 Å². The summed E-state index contributed by atoms with van der Waals surface area (Å²) in [4.78, 5) is 10.6. The molecule has 0 saturated carbocycles. The van der Waals surface area contributed by atoms with Crippen molar-refractivity contribution in [3.05, 3.63) is 0 Å². The van der Waals surface area contributed by atoms with Gasteiger partial charge in [-0.05, 0) is 6.42 Å². The van der Waals surface area contributed by atoms with Crippen LogP contribution in [0.25, 0.3) is 0 Å². The summed E-state index contributed by atoms with van der Waals surface area (Å²) in [5, 5.41) is 2.85. The summed E-state index contributed by atoms with van der Waals surface area (Å²) in [6, 6.07) is 0.475. The third-order valence-electron chi connectivity index (χ3n) is 1.94. The zero-order valence-electron chi connectivity index (χ0n) is 5.98. The van der Waals surface area contributed by atoms with Crippen LogP contribution in [-0.4, -0.2) is 11.9 Å². The average molecular weight is 127 g/mol. The van der Waals surface area contributed by atoms with Crippen molar-refractivity contribution < 1.29 is 4.79 Å². The maximum Gasteiger partial charge on any atom is 0.225 e. The summed E-state index contributed by atoms with van der Waals surface area (Å²) >= 11 is 0. The van der Waals surface area contributed by atoms with E-state index >= 15 is 0 Å². The van der Waals surface area contributed by atoms with Crippen molar-refractivity contribution in [2.45, 2.75) is 32.7 Å². The highest BCUT2D eigenvalue weighted by molar-refractivity contribution is 5.85. The first-order valence-electron chi connectivity index (χ1n) is 3.56. The topological polar surface area (TPSA) is 29.1 Å². The number of β-lactam (4-membered cyclic amide) rings is 1. The fourth-order valence-electron chi connectivity index (χ4n) is 1.16. The molecule has 0 bridgehead atoms. The number of hydrogen-bond donors (Lipinski definition) is 1.